The Morgan fingerprint density at radius 1 is 0.935 bits per heavy atom. The third-order valence-electron chi connectivity index (χ3n) is 5.31. The van der Waals surface area contributed by atoms with Crippen LogP contribution < -0.4 is 14.8 Å². The minimum Gasteiger partial charge on any atom is -0.493 e. The van der Waals surface area contributed by atoms with E-state index in [0.717, 1.165) is 19.3 Å². The highest BCUT2D eigenvalue weighted by Gasteiger charge is 2.20. The topological polar surface area (TPSA) is 90.9 Å². The van der Waals surface area contributed by atoms with Gasteiger partial charge in [0.1, 0.15) is 0 Å². The van der Waals surface area contributed by atoms with Gasteiger partial charge in [0.15, 0.2) is 23.4 Å². The molecule has 0 aliphatic heterocycles. The van der Waals surface area contributed by atoms with Gasteiger partial charge in [-0.3, -0.25) is 14.4 Å². The maximum absolute atomic E-state index is 12.4. The van der Waals surface area contributed by atoms with Crippen molar-refractivity contribution < 1.29 is 28.6 Å². The van der Waals surface area contributed by atoms with Crippen LogP contribution in [0.2, 0.25) is 0 Å². The number of nitrogens with one attached hydrogen (secondary N) is 1. The molecule has 164 valence electrons. The van der Waals surface area contributed by atoms with Crippen LogP contribution in [0.4, 0.5) is 5.69 Å². The maximum Gasteiger partial charge on any atom is 0.307 e. The van der Waals surface area contributed by atoms with E-state index in [0.29, 0.717) is 22.7 Å². The molecule has 1 N–H and O–H groups in total. The Labute approximate surface area is 181 Å². The molecule has 0 unspecified atom stereocenters. The van der Waals surface area contributed by atoms with Crippen LogP contribution in [0.3, 0.4) is 0 Å². The highest BCUT2D eigenvalue weighted by molar-refractivity contribution is 5.98. The number of anilines is 1. The first-order valence-corrected chi connectivity index (χ1v) is 10.3. The lowest BCUT2D eigenvalue weighted by Gasteiger charge is -2.15. The summed E-state index contributed by atoms with van der Waals surface area (Å²) in [6.45, 7) is 1.48. The highest BCUT2D eigenvalue weighted by Crippen LogP contribution is 2.29. The van der Waals surface area contributed by atoms with Crippen LogP contribution in [0.15, 0.2) is 36.4 Å². The molecule has 2 aromatic rings. The van der Waals surface area contributed by atoms with Crippen molar-refractivity contribution in [2.24, 2.45) is 0 Å². The maximum atomic E-state index is 12.4. The van der Waals surface area contributed by atoms with Crippen molar-refractivity contribution >= 4 is 23.3 Å². The molecular weight excluding hydrogens is 398 g/mol. The minimum atomic E-state index is -1.00. The van der Waals surface area contributed by atoms with Crippen molar-refractivity contribution in [2.75, 3.05) is 19.5 Å². The minimum absolute atomic E-state index is 0.0433. The molecule has 0 spiro atoms. The number of rotatable bonds is 9. The largest absolute Gasteiger partial charge is 0.493 e. The number of esters is 1. The van der Waals surface area contributed by atoms with Crippen molar-refractivity contribution in [3.05, 3.63) is 53.1 Å². The number of aryl methyl sites for hydroxylation is 2. The summed E-state index contributed by atoms with van der Waals surface area (Å²) in [5, 5.41) is 2.67. The molecule has 0 bridgehead atoms. The van der Waals surface area contributed by atoms with Gasteiger partial charge in [-0.25, -0.2) is 0 Å². The van der Waals surface area contributed by atoms with Gasteiger partial charge in [0.25, 0.3) is 5.91 Å². The third-order valence-corrected chi connectivity index (χ3v) is 5.31. The van der Waals surface area contributed by atoms with Crippen LogP contribution in [0, 0.1) is 0 Å². The molecule has 31 heavy (non-hydrogen) atoms. The Hall–Kier alpha value is -3.35. The number of hydrogen-bond acceptors (Lipinski definition) is 6. The number of carbonyl (C=O) groups is 3. The molecule has 7 heteroatoms. The smallest absolute Gasteiger partial charge is 0.307 e. The Bertz CT molecular complexity index is 984. The van der Waals surface area contributed by atoms with Crippen molar-refractivity contribution in [3.63, 3.8) is 0 Å². The number of hydrogen-bond donors (Lipinski definition) is 1. The van der Waals surface area contributed by atoms with E-state index in [9.17, 15) is 14.4 Å². The number of methoxy groups -OCH3 is 2. The zero-order valence-electron chi connectivity index (χ0n) is 18.0. The zero-order chi connectivity index (χ0) is 22.4. The molecule has 1 aliphatic rings. The zero-order valence-corrected chi connectivity index (χ0v) is 18.0. The summed E-state index contributed by atoms with van der Waals surface area (Å²) in [4.78, 5) is 36.9. The fourth-order valence-corrected chi connectivity index (χ4v) is 3.57. The first-order valence-electron chi connectivity index (χ1n) is 10.3. The van der Waals surface area contributed by atoms with E-state index in [1.165, 1.54) is 32.3 Å². The van der Waals surface area contributed by atoms with E-state index in [-0.39, 0.29) is 18.6 Å². The van der Waals surface area contributed by atoms with E-state index in [1.807, 2.05) is 18.2 Å². The summed E-state index contributed by atoms with van der Waals surface area (Å²) in [5.74, 6) is -0.174. The number of amides is 1. The summed E-state index contributed by atoms with van der Waals surface area (Å²) in [6.07, 6.45) is 2.12. The number of fused-ring (bicyclic) bond motifs is 1. The Morgan fingerprint density at radius 3 is 2.42 bits per heavy atom. The highest BCUT2D eigenvalue weighted by atomic mass is 16.5. The normalized spacial score (nSPS) is 13.1. The van der Waals surface area contributed by atoms with Gasteiger partial charge >= 0.3 is 5.97 Å². The molecule has 0 heterocycles. The van der Waals surface area contributed by atoms with Gasteiger partial charge in [0.2, 0.25) is 0 Å². The molecule has 0 saturated heterocycles. The molecule has 3 rings (SSSR count). The van der Waals surface area contributed by atoms with Gasteiger partial charge in [-0.05, 0) is 55.5 Å². The van der Waals surface area contributed by atoms with Crippen LogP contribution in [-0.4, -0.2) is 38.0 Å². The Morgan fingerprint density at radius 2 is 1.68 bits per heavy atom. The second-order valence-electron chi connectivity index (χ2n) is 7.45. The lowest BCUT2D eigenvalue weighted by molar-refractivity contribution is -0.153. The summed E-state index contributed by atoms with van der Waals surface area (Å²) < 4.78 is 15.6. The summed E-state index contributed by atoms with van der Waals surface area (Å²) >= 11 is 0. The van der Waals surface area contributed by atoms with Crippen LogP contribution in [0.25, 0.3) is 0 Å². The molecule has 0 saturated carbocycles. The van der Waals surface area contributed by atoms with Crippen molar-refractivity contribution in [1.29, 1.82) is 0 Å². The Kier molecular flexibility index (Phi) is 7.28. The SMILES string of the molecule is COc1ccc(NC(=O)[C@H](C)OC(=O)CCC(=O)c2ccc3c(c2)CCC3)cc1OC. The monoisotopic (exact) mass is 425 g/mol. The van der Waals surface area contributed by atoms with Crippen molar-refractivity contribution in [1.82, 2.24) is 0 Å². The fraction of sp³-hybridized carbons (Fsp3) is 0.375. The summed E-state index contributed by atoms with van der Waals surface area (Å²) in [5.41, 5.74) is 3.61. The average molecular weight is 425 g/mol. The number of benzene rings is 2. The van der Waals surface area contributed by atoms with Gasteiger partial charge in [-0.2, -0.15) is 0 Å². The first kappa shape index (κ1) is 22.3. The van der Waals surface area contributed by atoms with E-state index in [1.54, 1.807) is 18.2 Å². The van der Waals surface area contributed by atoms with E-state index >= 15 is 0 Å². The summed E-state index contributed by atoms with van der Waals surface area (Å²) in [7, 11) is 3.02. The quantitative estimate of drug-likeness (QED) is 0.486. The number of ketones is 1. The third kappa shape index (κ3) is 5.63. The second kappa shape index (κ2) is 10.1. The molecule has 2 aromatic carbocycles. The Balaban J connectivity index is 1.48. The van der Waals surface area contributed by atoms with E-state index in [2.05, 4.69) is 5.32 Å². The van der Waals surface area contributed by atoms with Crippen LogP contribution in [-0.2, 0) is 27.2 Å². The molecule has 1 amide bonds. The fourth-order valence-electron chi connectivity index (χ4n) is 3.57. The molecule has 0 fully saturated rings. The predicted octanol–water partition coefficient (Wildman–Crippen LogP) is 3.73. The van der Waals surface area contributed by atoms with Crippen LogP contribution >= 0.6 is 0 Å². The lowest BCUT2D eigenvalue weighted by atomic mass is 10.0. The number of carbonyl (C=O) groups excluding carboxylic acids is 3. The van der Waals surface area contributed by atoms with Crippen LogP contribution in [0.1, 0.15) is 47.7 Å². The first-order chi connectivity index (χ1) is 14.9. The van der Waals surface area contributed by atoms with E-state index < -0.39 is 18.0 Å². The van der Waals surface area contributed by atoms with Gasteiger partial charge in [-0.15, -0.1) is 0 Å². The number of ether oxygens (including phenoxy) is 3. The second-order valence-corrected chi connectivity index (χ2v) is 7.45. The summed E-state index contributed by atoms with van der Waals surface area (Å²) in [6, 6.07) is 10.7. The van der Waals surface area contributed by atoms with Gasteiger partial charge in [-0.1, -0.05) is 12.1 Å². The molecule has 0 aromatic heterocycles. The van der Waals surface area contributed by atoms with Crippen molar-refractivity contribution in [2.45, 2.75) is 45.1 Å². The number of Topliss-reactive ketones (excluding diaryl/α,β-unsaturated/α-hetero) is 1. The lowest BCUT2D eigenvalue weighted by Crippen LogP contribution is -2.30. The average Bonchev–Trinajstić information content (AvgIpc) is 3.25. The van der Waals surface area contributed by atoms with Gasteiger partial charge in [0.05, 0.1) is 20.6 Å². The predicted molar refractivity (Wildman–Crippen MR) is 116 cm³/mol. The molecular formula is C24H27NO6. The van der Waals surface area contributed by atoms with Crippen molar-refractivity contribution in [3.8, 4) is 11.5 Å². The standard InChI is InChI=1S/C24H27NO6/c1-15(24(28)25-19-9-11-21(29-2)22(14-19)30-3)31-23(27)12-10-20(26)18-8-7-16-5-4-6-17(16)13-18/h7-9,11,13-15H,4-6,10,12H2,1-3H3,(H,25,28)/t15-/m0/s1. The molecule has 7 nitrogen and oxygen atoms in total. The van der Waals surface area contributed by atoms with Crippen LogP contribution in [0.5, 0.6) is 11.5 Å². The van der Waals surface area contributed by atoms with Gasteiger partial charge < -0.3 is 19.5 Å². The van der Waals surface area contributed by atoms with E-state index in [4.69, 9.17) is 14.2 Å². The van der Waals surface area contributed by atoms with Gasteiger partial charge in [0, 0.05) is 23.7 Å². The molecule has 1 aliphatic carbocycles. The molecule has 1 atom stereocenters. The molecule has 0 radical (unpaired) electrons.